The van der Waals surface area contributed by atoms with Crippen molar-refractivity contribution in [3.63, 3.8) is 0 Å². The van der Waals surface area contributed by atoms with Gasteiger partial charge in [0.15, 0.2) is 0 Å². The molecular formula is C33H38N4NaO5. The fourth-order valence-corrected chi connectivity index (χ4v) is 5.75. The van der Waals surface area contributed by atoms with Crippen LogP contribution in [-0.2, 0) is 35.8 Å². The van der Waals surface area contributed by atoms with Crippen molar-refractivity contribution in [1.29, 1.82) is 0 Å². The SMILES string of the molecule is CCN1C(=O)C(C)(C)C(=O)N(C)c2cc(CN(CCn3ccc4oc(C)cc4c3=O)Cc3ccccc3CO)ccc21.[Na]. The monoisotopic (exact) mass is 593 g/mol. The van der Waals surface area contributed by atoms with Gasteiger partial charge in [0, 0.05) is 75.5 Å². The maximum absolute atomic E-state index is 13.3. The number of hydrogen-bond acceptors (Lipinski definition) is 6. The average molecular weight is 594 g/mol. The van der Waals surface area contributed by atoms with Gasteiger partial charge < -0.3 is 23.9 Å². The van der Waals surface area contributed by atoms with Gasteiger partial charge in [0.2, 0.25) is 11.8 Å². The first-order chi connectivity index (χ1) is 20.0. The van der Waals surface area contributed by atoms with Gasteiger partial charge in [-0.1, -0.05) is 30.3 Å². The molecule has 0 unspecified atom stereocenters. The molecule has 1 aliphatic heterocycles. The van der Waals surface area contributed by atoms with Crippen LogP contribution < -0.4 is 15.4 Å². The van der Waals surface area contributed by atoms with Gasteiger partial charge in [-0.3, -0.25) is 19.3 Å². The van der Waals surface area contributed by atoms with Crippen molar-refractivity contribution in [3.05, 3.63) is 93.6 Å². The molecule has 2 aromatic heterocycles. The Bertz CT molecular complexity index is 1710. The molecule has 221 valence electrons. The van der Waals surface area contributed by atoms with Crippen LogP contribution >= 0.6 is 0 Å². The van der Waals surface area contributed by atoms with Gasteiger partial charge in [-0.15, -0.1) is 0 Å². The Kier molecular flexibility index (Phi) is 10.0. The molecule has 0 bridgehead atoms. The molecule has 1 N–H and O–H groups in total. The summed E-state index contributed by atoms with van der Waals surface area (Å²) in [5.41, 5.74) is 3.51. The number of anilines is 2. The molecule has 1 aliphatic rings. The maximum atomic E-state index is 13.3. The minimum Gasteiger partial charge on any atom is -0.461 e. The van der Waals surface area contributed by atoms with Crippen LogP contribution in [0, 0.1) is 12.3 Å². The van der Waals surface area contributed by atoms with Crippen LogP contribution in [0.15, 0.2) is 70.0 Å². The summed E-state index contributed by atoms with van der Waals surface area (Å²) < 4.78 is 7.31. The number of benzene rings is 2. The number of aliphatic hydroxyl groups excluding tert-OH is 1. The second kappa shape index (κ2) is 13.2. The fraction of sp³-hybridized carbons (Fsp3) is 0.364. The molecule has 0 aliphatic carbocycles. The minimum absolute atomic E-state index is 0. The predicted molar refractivity (Wildman–Crippen MR) is 169 cm³/mol. The van der Waals surface area contributed by atoms with Crippen molar-refractivity contribution < 1.29 is 19.1 Å². The van der Waals surface area contributed by atoms with Crippen molar-refractivity contribution in [2.75, 3.05) is 29.9 Å². The van der Waals surface area contributed by atoms with E-state index in [1.165, 1.54) is 0 Å². The third-order valence-corrected chi connectivity index (χ3v) is 8.15. The molecule has 0 saturated carbocycles. The summed E-state index contributed by atoms with van der Waals surface area (Å²) in [7, 11) is 1.72. The first-order valence-corrected chi connectivity index (χ1v) is 14.3. The van der Waals surface area contributed by atoms with Crippen molar-refractivity contribution in [2.45, 2.75) is 53.9 Å². The quantitative estimate of drug-likeness (QED) is 0.232. The van der Waals surface area contributed by atoms with Gasteiger partial charge in [0.1, 0.15) is 16.8 Å². The normalized spacial score (nSPS) is 14.7. The standard InChI is InChI=1S/C33H38N4O5.Na/c1-6-37-27-12-11-23(18-28(27)34(5)31(40)33(3,4)32(37)41)19-35(20-24-9-7-8-10-25(24)21-38)15-16-36-14-13-29-26(30(36)39)17-22(2)42-29;/h7-14,17-18,38H,6,15-16,19-21H2,1-5H3;. The summed E-state index contributed by atoms with van der Waals surface area (Å²) in [6.45, 7) is 9.56. The van der Waals surface area contributed by atoms with E-state index < -0.39 is 5.41 Å². The molecule has 0 fully saturated rings. The van der Waals surface area contributed by atoms with Crippen molar-refractivity contribution in [3.8, 4) is 0 Å². The second-order valence-electron chi connectivity index (χ2n) is 11.4. The number of hydrogen-bond donors (Lipinski definition) is 1. The van der Waals surface area contributed by atoms with Crippen molar-refractivity contribution in [1.82, 2.24) is 9.47 Å². The average Bonchev–Trinajstić information content (AvgIpc) is 3.36. The van der Waals surface area contributed by atoms with Gasteiger partial charge in [0.05, 0.1) is 23.4 Å². The number of carbonyl (C=O) groups excluding carboxylic acids is 2. The number of aromatic nitrogens is 1. The van der Waals surface area contributed by atoms with Crippen LogP contribution in [0.5, 0.6) is 0 Å². The summed E-state index contributed by atoms with van der Waals surface area (Å²) in [5.74, 6) is 0.228. The Labute approximate surface area is 274 Å². The van der Waals surface area contributed by atoms with Gasteiger partial charge in [-0.2, -0.15) is 0 Å². The van der Waals surface area contributed by atoms with E-state index in [2.05, 4.69) is 4.90 Å². The van der Waals surface area contributed by atoms with Crippen LogP contribution in [0.1, 0.15) is 43.2 Å². The van der Waals surface area contributed by atoms with Crippen molar-refractivity contribution in [2.24, 2.45) is 5.41 Å². The summed E-state index contributed by atoms with van der Waals surface area (Å²) in [6.07, 6.45) is 1.76. The maximum Gasteiger partial charge on any atom is 0.261 e. The van der Waals surface area contributed by atoms with E-state index in [4.69, 9.17) is 4.42 Å². The Morgan fingerprint density at radius 1 is 0.930 bits per heavy atom. The van der Waals surface area contributed by atoms with Crippen LogP contribution in [0.3, 0.4) is 0 Å². The van der Waals surface area contributed by atoms with E-state index in [0.717, 1.165) is 16.7 Å². The zero-order chi connectivity index (χ0) is 30.2. The number of aliphatic hydroxyl groups is 1. The number of furan rings is 1. The van der Waals surface area contributed by atoms with E-state index in [1.54, 1.807) is 47.5 Å². The third kappa shape index (κ3) is 6.37. The molecule has 2 aromatic carbocycles. The minimum atomic E-state index is -1.17. The van der Waals surface area contributed by atoms with Gasteiger partial charge in [-0.05, 0) is 68.7 Å². The molecule has 2 amide bonds. The first kappa shape index (κ1) is 32.7. The largest absolute Gasteiger partial charge is 0.461 e. The number of rotatable bonds is 9. The summed E-state index contributed by atoms with van der Waals surface area (Å²) in [4.78, 5) is 45.3. The molecule has 1 radical (unpaired) electrons. The molecule has 0 atom stereocenters. The number of carbonyl (C=O) groups is 2. The number of amides is 2. The summed E-state index contributed by atoms with van der Waals surface area (Å²) in [5, 5.41) is 10.5. The van der Waals surface area contributed by atoms with Crippen molar-refractivity contribution >= 4 is 63.7 Å². The molecule has 10 heteroatoms. The molecule has 5 rings (SSSR count). The third-order valence-electron chi connectivity index (χ3n) is 8.15. The molecule has 4 aromatic rings. The van der Waals surface area contributed by atoms with E-state index in [1.807, 2.05) is 62.4 Å². The Balaban J connectivity index is 0.00000423. The summed E-state index contributed by atoms with van der Waals surface area (Å²) in [6, 6.07) is 17.2. The number of nitrogens with zero attached hydrogens (tertiary/aromatic N) is 4. The Morgan fingerprint density at radius 3 is 2.35 bits per heavy atom. The number of aryl methyl sites for hydroxylation is 1. The van der Waals surface area contributed by atoms with E-state index in [9.17, 15) is 19.5 Å². The van der Waals surface area contributed by atoms with Crippen LogP contribution in [-0.4, -0.2) is 76.1 Å². The topological polar surface area (TPSA) is 99.2 Å². The van der Waals surface area contributed by atoms with Gasteiger partial charge in [0.25, 0.3) is 5.56 Å². The number of pyridine rings is 1. The first-order valence-electron chi connectivity index (χ1n) is 14.3. The van der Waals surface area contributed by atoms with Crippen LogP contribution in [0.4, 0.5) is 11.4 Å². The van der Waals surface area contributed by atoms with Crippen LogP contribution in [0.2, 0.25) is 0 Å². The summed E-state index contributed by atoms with van der Waals surface area (Å²) >= 11 is 0. The van der Waals surface area contributed by atoms with E-state index >= 15 is 0 Å². The molecule has 9 nitrogen and oxygen atoms in total. The Morgan fingerprint density at radius 2 is 1.65 bits per heavy atom. The molecule has 3 heterocycles. The molecular weight excluding hydrogens is 555 g/mol. The van der Waals surface area contributed by atoms with E-state index in [0.29, 0.717) is 60.8 Å². The van der Waals surface area contributed by atoms with Gasteiger partial charge >= 0.3 is 0 Å². The fourth-order valence-electron chi connectivity index (χ4n) is 5.75. The second-order valence-corrected chi connectivity index (χ2v) is 11.4. The molecule has 0 spiro atoms. The predicted octanol–water partition coefficient (Wildman–Crippen LogP) is 4.07. The zero-order valence-electron chi connectivity index (χ0n) is 25.9. The van der Waals surface area contributed by atoms with Crippen LogP contribution in [0.25, 0.3) is 11.0 Å². The number of fused-ring (bicyclic) bond motifs is 2. The Hall–Kier alpha value is -3.21. The zero-order valence-corrected chi connectivity index (χ0v) is 27.9. The molecule has 43 heavy (non-hydrogen) atoms. The van der Waals surface area contributed by atoms with E-state index in [-0.39, 0.29) is 53.5 Å². The van der Waals surface area contributed by atoms with Gasteiger partial charge in [-0.25, -0.2) is 0 Å². The smallest absolute Gasteiger partial charge is 0.261 e. The molecule has 0 saturated heterocycles.